The summed E-state index contributed by atoms with van der Waals surface area (Å²) in [6, 6.07) is 13.3. The van der Waals surface area contributed by atoms with Crippen molar-refractivity contribution in [3.63, 3.8) is 0 Å². The molecule has 0 spiro atoms. The number of benzene rings is 2. The van der Waals surface area contributed by atoms with E-state index in [2.05, 4.69) is 0 Å². The Morgan fingerprint density at radius 3 is 2.34 bits per heavy atom. The molecule has 2 aromatic carbocycles. The van der Waals surface area contributed by atoms with E-state index in [4.69, 9.17) is 10.00 Å². The number of sulfonamides is 1. The highest BCUT2D eigenvalue weighted by atomic mass is 32.2. The first-order chi connectivity index (χ1) is 15.3. The Morgan fingerprint density at radius 1 is 1.09 bits per heavy atom. The number of amides is 1. The molecule has 0 aliphatic rings. The normalized spacial score (nSPS) is 11.1. The highest BCUT2D eigenvalue weighted by molar-refractivity contribution is 7.89. The third kappa shape index (κ3) is 5.90. The van der Waals surface area contributed by atoms with Crippen LogP contribution in [-0.2, 0) is 19.6 Å². The molecule has 0 saturated carbocycles. The topological polar surface area (TPSA) is 108 Å². The van der Waals surface area contributed by atoms with Crippen LogP contribution in [0.4, 0.5) is 10.1 Å². The van der Waals surface area contributed by atoms with Gasteiger partial charge < -0.3 is 9.64 Å². The maximum atomic E-state index is 14.2. The van der Waals surface area contributed by atoms with Gasteiger partial charge in [-0.1, -0.05) is 32.0 Å². The molecule has 10 heteroatoms. The lowest BCUT2D eigenvalue weighted by Gasteiger charge is -2.21. The van der Waals surface area contributed by atoms with Crippen molar-refractivity contribution in [1.82, 2.24) is 4.31 Å². The van der Waals surface area contributed by atoms with Crippen LogP contribution in [0, 0.1) is 17.1 Å². The smallest absolute Gasteiger partial charge is 0.341 e. The van der Waals surface area contributed by atoms with E-state index in [-0.39, 0.29) is 31.0 Å². The average molecular weight is 462 g/mol. The van der Waals surface area contributed by atoms with E-state index in [9.17, 15) is 22.4 Å². The molecule has 0 unspecified atom stereocenters. The molecule has 0 N–H and O–H groups in total. The zero-order valence-corrected chi connectivity index (χ0v) is 18.6. The Morgan fingerprint density at radius 2 is 1.75 bits per heavy atom. The number of hydrogen-bond donors (Lipinski definition) is 0. The molecule has 1 amide bonds. The average Bonchev–Trinajstić information content (AvgIpc) is 2.79. The van der Waals surface area contributed by atoms with Crippen molar-refractivity contribution in [2.45, 2.75) is 25.2 Å². The van der Waals surface area contributed by atoms with Crippen LogP contribution >= 0.6 is 0 Å². The zero-order valence-electron chi connectivity index (χ0n) is 17.8. The van der Waals surface area contributed by atoms with Gasteiger partial charge in [0, 0.05) is 25.3 Å². The Labute approximate surface area is 186 Å². The molecule has 0 aliphatic carbocycles. The minimum absolute atomic E-state index is 0.0640. The molecule has 0 radical (unpaired) electrons. The van der Waals surface area contributed by atoms with Gasteiger partial charge >= 0.3 is 5.97 Å². The fraction of sp³-hybridized carbons (Fsp3) is 0.318. The van der Waals surface area contributed by atoms with E-state index in [1.807, 2.05) is 6.07 Å². The first-order valence-corrected chi connectivity index (χ1v) is 11.4. The van der Waals surface area contributed by atoms with Gasteiger partial charge in [-0.3, -0.25) is 4.79 Å². The van der Waals surface area contributed by atoms with E-state index >= 15 is 0 Å². The predicted octanol–water partition coefficient (Wildman–Crippen LogP) is 2.96. The van der Waals surface area contributed by atoms with Crippen molar-refractivity contribution in [3.05, 3.63) is 59.9 Å². The molecule has 170 valence electrons. The first-order valence-electron chi connectivity index (χ1n) is 9.95. The van der Waals surface area contributed by atoms with Gasteiger partial charge in [-0.05, 0) is 30.3 Å². The lowest BCUT2D eigenvalue weighted by Crippen LogP contribution is -2.35. The van der Waals surface area contributed by atoms with Gasteiger partial charge in [0.1, 0.15) is 5.82 Å². The van der Waals surface area contributed by atoms with Crippen molar-refractivity contribution in [1.29, 1.82) is 5.26 Å². The molecule has 0 fully saturated rings. The Balaban J connectivity index is 2.20. The van der Waals surface area contributed by atoms with E-state index < -0.39 is 39.9 Å². The van der Waals surface area contributed by atoms with Crippen molar-refractivity contribution in [2.24, 2.45) is 0 Å². The van der Waals surface area contributed by atoms with Crippen molar-refractivity contribution in [2.75, 3.05) is 31.1 Å². The van der Waals surface area contributed by atoms with Crippen LogP contribution in [0.5, 0.6) is 0 Å². The Kier molecular flexibility index (Phi) is 8.87. The van der Waals surface area contributed by atoms with Crippen LogP contribution in [0.2, 0.25) is 0 Å². The monoisotopic (exact) mass is 461 g/mol. The first kappa shape index (κ1) is 25.0. The number of halogens is 1. The van der Waals surface area contributed by atoms with Crippen molar-refractivity contribution >= 4 is 27.6 Å². The molecule has 32 heavy (non-hydrogen) atoms. The molecule has 0 atom stereocenters. The van der Waals surface area contributed by atoms with E-state index in [0.29, 0.717) is 5.69 Å². The fourth-order valence-electron chi connectivity index (χ4n) is 2.98. The summed E-state index contributed by atoms with van der Waals surface area (Å²) in [6.07, 6.45) is 0.0640. The van der Waals surface area contributed by atoms with Gasteiger partial charge in [0.05, 0.1) is 22.9 Å². The molecular formula is C22H24FN3O5S. The number of nitriles is 1. The molecule has 0 aliphatic heterocycles. The lowest BCUT2D eigenvalue weighted by atomic mass is 10.2. The number of hydrogen-bond acceptors (Lipinski definition) is 6. The summed E-state index contributed by atoms with van der Waals surface area (Å²) >= 11 is 0. The quantitative estimate of drug-likeness (QED) is 0.504. The van der Waals surface area contributed by atoms with Crippen LogP contribution in [-0.4, -0.2) is 50.8 Å². The van der Waals surface area contributed by atoms with Gasteiger partial charge in [-0.2, -0.15) is 9.57 Å². The van der Waals surface area contributed by atoms with Crippen molar-refractivity contribution < 1.29 is 27.1 Å². The fourth-order valence-corrected chi connectivity index (χ4v) is 4.47. The van der Waals surface area contributed by atoms with Crippen LogP contribution in [0.25, 0.3) is 0 Å². The zero-order chi connectivity index (χ0) is 23.7. The summed E-state index contributed by atoms with van der Waals surface area (Å²) in [5.74, 6) is -2.74. The van der Waals surface area contributed by atoms with E-state index in [1.165, 1.54) is 9.21 Å². The third-order valence-corrected chi connectivity index (χ3v) is 6.69. The largest absolute Gasteiger partial charge is 0.452 e. The number of carbonyl (C=O) groups excluding carboxylic acids is 2. The number of ether oxygens (including phenoxy) is 1. The van der Waals surface area contributed by atoms with Gasteiger partial charge in [0.25, 0.3) is 5.91 Å². The van der Waals surface area contributed by atoms with Gasteiger partial charge in [0.2, 0.25) is 10.0 Å². The number of nitrogens with zero attached hydrogens (tertiary/aromatic N) is 3. The van der Waals surface area contributed by atoms with Crippen molar-refractivity contribution in [3.8, 4) is 6.07 Å². The van der Waals surface area contributed by atoms with Crippen LogP contribution < -0.4 is 4.90 Å². The van der Waals surface area contributed by atoms with Crippen LogP contribution in [0.1, 0.15) is 30.6 Å². The molecular weight excluding hydrogens is 437 g/mol. The SMILES string of the molecule is CCN(CC)S(=O)(=O)c1ccc(F)c(C(=O)OCC(=O)N(CCC#N)c2ccccc2)c1. The molecule has 0 bridgehead atoms. The highest BCUT2D eigenvalue weighted by Crippen LogP contribution is 2.20. The van der Waals surface area contributed by atoms with E-state index in [0.717, 1.165) is 18.2 Å². The van der Waals surface area contributed by atoms with E-state index in [1.54, 1.807) is 44.2 Å². The Bertz CT molecular complexity index is 1100. The summed E-state index contributed by atoms with van der Waals surface area (Å²) in [5, 5.41) is 8.84. The maximum absolute atomic E-state index is 14.2. The summed E-state index contributed by atoms with van der Waals surface area (Å²) in [7, 11) is -3.91. The summed E-state index contributed by atoms with van der Waals surface area (Å²) in [6.45, 7) is 3.13. The minimum Gasteiger partial charge on any atom is -0.452 e. The highest BCUT2D eigenvalue weighted by Gasteiger charge is 2.25. The molecule has 2 aromatic rings. The molecule has 0 heterocycles. The number of carbonyl (C=O) groups is 2. The van der Waals surface area contributed by atoms with Gasteiger partial charge in [-0.15, -0.1) is 0 Å². The standard InChI is InChI=1S/C22H24FN3O5S/c1-3-25(4-2)32(29,30)18-11-12-20(23)19(15-18)22(28)31-16-21(27)26(14-8-13-24)17-9-6-5-7-10-17/h5-7,9-12,15H,3-4,8,14,16H2,1-2H3. The minimum atomic E-state index is -3.91. The Hall–Kier alpha value is -3.29. The molecule has 2 rings (SSSR count). The number of para-hydroxylation sites is 1. The second kappa shape index (κ2) is 11.4. The second-order valence-corrected chi connectivity index (χ2v) is 8.53. The second-order valence-electron chi connectivity index (χ2n) is 6.60. The molecule has 8 nitrogen and oxygen atoms in total. The third-order valence-electron chi connectivity index (χ3n) is 4.64. The summed E-state index contributed by atoms with van der Waals surface area (Å²) in [5.41, 5.74) is -0.0726. The maximum Gasteiger partial charge on any atom is 0.341 e. The number of rotatable bonds is 10. The summed E-state index contributed by atoms with van der Waals surface area (Å²) < 4.78 is 45.7. The van der Waals surface area contributed by atoms with Crippen LogP contribution in [0.3, 0.4) is 0 Å². The predicted molar refractivity (Wildman–Crippen MR) is 116 cm³/mol. The lowest BCUT2D eigenvalue weighted by molar-refractivity contribution is -0.121. The number of anilines is 1. The molecule has 0 saturated heterocycles. The number of esters is 1. The molecule has 0 aromatic heterocycles. The van der Waals surface area contributed by atoms with Gasteiger partial charge in [0.15, 0.2) is 6.61 Å². The van der Waals surface area contributed by atoms with Crippen LogP contribution in [0.15, 0.2) is 53.4 Å². The summed E-state index contributed by atoms with van der Waals surface area (Å²) in [4.78, 5) is 26.1. The van der Waals surface area contributed by atoms with Gasteiger partial charge in [-0.25, -0.2) is 17.6 Å².